The zero-order valence-corrected chi connectivity index (χ0v) is 6.09. The molecule has 0 aliphatic heterocycles. The van der Waals surface area contributed by atoms with Gasteiger partial charge in [0.25, 0.3) is 0 Å². The first-order valence-electron chi connectivity index (χ1n) is 3.37. The lowest BCUT2D eigenvalue weighted by Gasteiger charge is -1.99. The van der Waals surface area contributed by atoms with E-state index in [-0.39, 0.29) is 0 Å². The Labute approximate surface area is 57.0 Å². The third-order valence-corrected chi connectivity index (χ3v) is 1.24. The van der Waals surface area contributed by atoms with Crippen LogP contribution in [0.2, 0.25) is 0 Å². The summed E-state index contributed by atoms with van der Waals surface area (Å²) in [4.78, 5) is 0. The summed E-state index contributed by atoms with van der Waals surface area (Å²) in [6.07, 6.45) is 5.87. The molecule has 1 atom stereocenters. The largest absolute Gasteiger partial charge is 0.193 e. The second kappa shape index (κ2) is 5.37. The summed E-state index contributed by atoms with van der Waals surface area (Å²) in [5.41, 5.74) is 0. The van der Waals surface area contributed by atoms with Gasteiger partial charge in [0.15, 0.2) is 0 Å². The van der Waals surface area contributed by atoms with Gasteiger partial charge in [0.05, 0.1) is 6.07 Å². The molecule has 0 heterocycles. The van der Waals surface area contributed by atoms with E-state index in [9.17, 15) is 0 Å². The van der Waals surface area contributed by atoms with Crippen molar-refractivity contribution in [3.8, 4) is 6.07 Å². The van der Waals surface area contributed by atoms with Crippen LogP contribution in [0.15, 0.2) is 12.2 Å². The Morgan fingerprint density at radius 2 is 2.33 bits per heavy atom. The first kappa shape index (κ1) is 8.23. The maximum atomic E-state index is 8.15. The minimum absolute atomic E-state index is 0.564. The van der Waals surface area contributed by atoms with Crippen LogP contribution in [0.25, 0.3) is 0 Å². The van der Waals surface area contributed by atoms with Crippen LogP contribution >= 0.6 is 0 Å². The molecule has 9 heavy (non-hydrogen) atoms. The highest BCUT2D eigenvalue weighted by Crippen LogP contribution is 2.05. The van der Waals surface area contributed by atoms with Gasteiger partial charge in [-0.1, -0.05) is 26.3 Å². The predicted molar refractivity (Wildman–Crippen MR) is 38.8 cm³/mol. The second-order valence-electron chi connectivity index (χ2n) is 2.25. The first-order chi connectivity index (χ1) is 4.31. The monoisotopic (exact) mass is 123 g/mol. The Morgan fingerprint density at radius 1 is 1.67 bits per heavy atom. The van der Waals surface area contributed by atoms with E-state index in [0.29, 0.717) is 5.92 Å². The Bertz CT molecular complexity index is 119. The molecule has 0 aliphatic carbocycles. The third kappa shape index (κ3) is 5.10. The highest BCUT2D eigenvalue weighted by molar-refractivity contribution is 5.03. The average molecular weight is 123 g/mol. The van der Waals surface area contributed by atoms with E-state index >= 15 is 0 Å². The molecule has 1 heteroatoms. The molecule has 0 aromatic carbocycles. The van der Waals surface area contributed by atoms with Gasteiger partial charge in [-0.05, 0) is 12.3 Å². The minimum Gasteiger partial charge on any atom is -0.193 e. The van der Waals surface area contributed by atoms with Gasteiger partial charge >= 0.3 is 0 Å². The maximum Gasteiger partial charge on any atom is 0.0908 e. The van der Waals surface area contributed by atoms with Crippen LogP contribution in [0.5, 0.6) is 0 Å². The van der Waals surface area contributed by atoms with Crippen molar-refractivity contribution < 1.29 is 0 Å². The molecular weight excluding hydrogens is 110 g/mol. The fraction of sp³-hybridized carbons (Fsp3) is 0.625. The highest BCUT2D eigenvalue weighted by atomic mass is 14.2. The summed E-state index contributed by atoms with van der Waals surface area (Å²) < 4.78 is 0. The second-order valence-corrected chi connectivity index (χ2v) is 2.25. The summed E-state index contributed by atoms with van der Waals surface area (Å²) in [5, 5.41) is 8.15. The van der Waals surface area contributed by atoms with Crippen molar-refractivity contribution in [1.82, 2.24) is 0 Å². The van der Waals surface area contributed by atoms with Crippen LogP contribution in [0, 0.1) is 17.2 Å². The fourth-order valence-corrected chi connectivity index (χ4v) is 0.759. The molecule has 0 aromatic heterocycles. The van der Waals surface area contributed by atoms with Gasteiger partial charge < -0.3 is 0 Å². The quantitative estimate of drug-likeness (QED) is 0.529. The molecule has 0 rings (SSSR count). The number of nitrogens with zero attached hydrogens (tertiary/aromatic N) is 1. The lowest BCUT2D eigenvalue weighted by atomic mass is 10.1. The lowest BCUT2D eigenvalue weighted by Crippen LogP contribution is -1.85. The summed E-state index contributed by atoms with van der Waals surface area (Å²) in [6, 6.07) is 1.98. The zero-order chi connectivity index (χ0) is 7.11. The fourth-order valence-electron chi connectivity index (χ4n) is 0.759. The van der Waals surface area contributed by atoms with Gasteiger partial charge in [0.2, 0.25) is 0 Å². The molecule has 0 amide bonds. The van der Waals surface area contributed by atoms with Crippen LogP contribution in [-0.4, -0.2) is 0 Å². The molecule has 0 aliphatic rings. The van der Waals surface area contributed by atoms with E-state index in [1.807, 2.05) is 12.1 Å². The molecule has 1 nitrogen and oxygen atoms in total. The van der Waals surface area contributed by atoms with Crippen LogP contribution in [0.1, 0.15) is 26.7 Å². The number of nitriles is 1. The molecule has 0 fully saturated rings. The minimum atomic E-state index is 0.564. The number of allylic oxidation sites excluding steroid dienone is 2. The van der Waals surface area contributed by atoms with Crippen molar-refractivity contribution in [3.63, 3.8) is 0 Å². The summed E-state index contributed by atoms with van der Waals surface area (Å²) in [6.45, 7) is 4.27. The van der Waals surface area contributed by atoms with Crippen molar-refractivity contribution in [2.75, 3.05) is 0 Å². The van der Waals surface area contributed by atoms with Crippen LogP contribution in [0.4, 0.5) is 0 Å². The van der Waals surface area contributed by atoms with Crippen LogP contribution in [-0.2, 0) is 0 Å². The SMILES string of the molecule is CCCC(C)/C=C/C#N. The van der Waals surface area contributed by atoms with Crippen molar-refractivity contribution in [2.24, 2.45) is 5.92 Å². The van der Waals surface area contributed by atoms with E-state index in [4.69, 9.17) is 5.26 Å². The maximum absolute atomic E-state index is 8.15. The van der Waals surface area contributed by atoms with Gasteiger partial charge in [-0.3, -0.25) is 0 Å². The molecule has 0 spiro atoms. The van der Waals surface area contributed by atoms with Crippen molar-refractivity contribution >= 4 is 0 Å². The molecule has 50 valence electrons. The number of hydrogen-bond acceptors (Lipinski definition) is 1. The molecule has 0 aromatic rings. The number of rotatable bonds is 3. The van der Waals surface area contributed by atoms with Crippen LogP contribution < -0.4 is 0 Å². The number of hydrogen-bond donors (Lipinski definition) is 0. The molecule has 1 unspecified atom stereocenters. The normalized spacial score (nSPS) is 13.4. The molecule has 0 saturated heterocycles. The molecular formula is C8H13N. The van der Waals surface area contributed by atoms with Crippen molar-refractivity contribution in [1.29, 1.82) is 5.26 Å². The Hall–Kier alpha value is -0.770. The van der Waals surface area contributed by atoms with Gasteiger partial charge in [0.1, 0.15) is 0 Å². The molecule has 0 N–H and O–H groups in total. The van der Waals surface area contributed by atoms with E-state index in [2.05, 4.69) is 13.8 Å². The lowest BCUT2D eigenvalue weighted by molar-refractivity contribution is 0.634. The van der Waals surface area contributed by atoms with Gasteiger partial charge in [-0.15, -0.1) is 0 Å². The van der Waals surface area contributed by atoms with Crippen molar-refractivity contribution in [2.45, 2.75) is 26.7 Å². The summed E-state index contributed by atoms with van der Waals surface area (Å²) in [5.74, 6) is 0.564. The summed E-state index contributed by atoms with van der Waals surface area (Å²) in [7, 11) is 0. The van der Waals surface area contributed by atoms with Gasteiger partial charge in [-0.25, -0.2) is 0 Å². The average Bonchev–Trinajstić information content (AvgIpc) is 1.85. The van der Waals surface area contributed by atoms with Gasteiger partial charge in [-0.2, -0.15) is 5.26 Å². The van der Waals surface area contributed by atoms with Gasteiger partial charge in [0, 0.05) is 6.08 Å². The smallest absolute Gasteiger partial charge is 0.0908 e. The van der Waals surface area contributed by atoms with Crippen molar-refractivity contribution in [3.05, 3.63) is 12.2 Å². The Kier molecular flexibility index (Phi) is 4.91. The van der Waals surface area contributed by atoms with E-state index in [1.165, 1.54) is 12.8 Å². The van der Waals surface area contributed by atoms with E-state index < -0.39 is 0 Å². The molecule has 0 radical (unpaired) electrons. The first-order valence-corrected chi connectivity index (χ1v) is 3.37. The van der Waals surface area contributed by atoms with E-state index in [1.54, 1.807) is 6.08 Å². The topological polar surface area (TPSA) is 23.8 Å². The highest BCUT2D eigenvalue weighted by Gasteiger charge is 1.91. The zero-order valence-electron chi connectivity index (χ0n) is 6.09. The van der Waals surface area contributed by atoms with Crippen LogP contribution in [0.3, 0.4) is 0 Å². The Balaban J connectivity index is 3.39. The van der Waals surface area contributed by atoms with E-state index in [0.717, 1.165) is 0 Å². The predicted octanol–water partition coefficient (Wildman–Crippen LogP) is 2.50. The summed E-state index contributed by atoms with van der Waals surface area (Å²) >= 11 is 0. The molecule has 0 saturated carbocycles. The Morgan fingerprint density at radius 3 is 2.78 bits per heavy atom. The standard InChI is InChI=1S/C8H13N/c1-3-5-8(2)6-4-7-9/h4,6,8H,3,5H2,1-2H3/b6-4+. The third-order valence-electron chi connectivity index (χ3n) is 1.24. The molecule has 0 bridgehead atoms.